The van der Waals surface area contributed by atoms with Crippen LogP contribution < -0.4 is 4.87 Å². The monoisotopic (exact) mass is 294 g/mol. The van der Waals surface area contributed by atoms with E-state index in [0.717, 1.165) is 16.8 Å². The number of carbonyl (C=O) groups excluding carboxylic acids is 1. The van der Waals surface area contributed by atoms with Gasteiger partial charge in [-0.2, -0.15) is 5.06 Å². The number of nitrogens with zero attached hydrogens (tertiary/aromatic N) is 3. The molecule has 0 fully saturated rings. The zero-order valence-electron chi connectivity index (χ0n) is 11.6. The van der Waals surface area contributed by atoms with Crippen molar-refractivity contribution in [2.24, 2.45) is 7.05 Å². The van der Waals surface area contributed by atoms with Gasteiger partial charge in [0.1, 0.15) is 0 Å². The van der Waals surface area contributed by atoms with Crippen LogP contribution in [0.3, 0.4) is 0 Å². The van der Waals surface area contributed by atoms with Crippen LogP contribution in [0.1, 0.15) is 16.6 Å². The summed E-state index contributed by atoms with van der Waals surface area (Å²) in [6, 6.07) is -0.0752. The second-order valence-electron chi connectivity index (χ2n) is 4.60. The molecular weight excluding hydrogens is 277 g/mol. The van der Waals surface area contributed by atoms with E-state index in [1.165, 1.54) is 18.8 Å². The maximum absolute atomic E-state index is 11.9. The van der Waals surface area contributed by atoms with Gasteiger partial charge < -0.3 is 14.2 Å². The molecule has 1 aromatic rings. The van der Waals surface area contributed by atoms with Crippen molar-refractivity contribution in [3.05, 3.63) is 32.9 Å². The number of hydrogen-bond donors (Lipinski definition) is 0. The number of hydrogen-bond acceptors (Lipinski definition) is 6. The van der Waals surface area contributed by atoms with E-state index in [9.17, 15) is 9.59 Å². The maximum Gasteiger partial charge on any atom is 0.307 e. The fourth-order valence-corrected chi connectivity index (χ4v) is 3.36. The largest absolute Gasteiger partial charge is 0.333 e. The summed E-state index contributed by atoms with van der Waals surface area (Å²) in [4.78, 5) is 31.0. The maximum atomic E-state index is 11.9. The molecule has 6 nitrogen and oxygen atoms in total. The first-order chi connectivity index (χ1) is 9.58. The van der Waals surface area contributed by atoms with Crippen molar-refractivity contribution in [1.29, 1.82) is 0 Å². The molecule has 1 aromatic heterocycles. The summed E-state index contributed by atoms with van der Waals surface area (Å²) in [6.45, 7) is 5.20. The summed E-state index contributed by atoms with van der Waals surface area (Å²) < 4.78 is 1.64. The lowest BCUT2D eigenvalue weighted by atomic mass is 9.90. The predicted molar refractivity (Wildman–Crippen MR) is 79.1 cm³/mol. The van der Waals surface area contributed by atoms with Crippen LogP contribution >= 0.6 is 11.3 Å². The summed E-state index contributed by atoms with van der Waals surface area (Å²) >= 11 is 1.24. The second kappa shape index (κ2) is 6.49. The van der Waals surface area contributed by atoms with Crippen molar-refractivity contribution in [1.82, 2.24) is 14.4 Å². The molecule has 0 aliphatic carbocycles. The first-order valence-corrected chi connectivity index (χ1v) is 7.08. The molecule has 0 aromatic carbocycles. The van der Waals surface area contributed by atoms with Gasteiger partial charge in [-0.1, -0.05) is 17.4 Å². The van der Waals surface area contributed by atoms with E-state index < -0.39 is 0 Å². The van der Waals surface area contributed by atoms with Crippen LogP contribution in [0, 0.1) is 0 Å². The Balaban J connectivity index is 2.31. The molecule has 107 valence electrons. The fraction of sp³-hybridized carbons (Fsp3) is 0.500. The van der Waals surface area contributed by atoms with Crippen molar-refractivity contribution in [3.63, 3.8) is 0 Å². The summed E-state index contributed by atoms with van der Waals surface area (Å²) in [5.74, 6) is 0. The lowest BCUT2D eigenvalue weighted by Crippen LogP contribution is -2.42. The molecule has 1 unspecified atom stereocenters. The summed E-state index contributed by atoms with van der Waals surface area (Å²) in [6.07, 6.45) is 2.43. The van der Waals surface area contributed by atoms with Crippen LogP contribution in [0.15, 0.2) is 17.4 Å². The highest BCUT2D eigenvalue weighted by Gasteiger charge is 2.32. The van der Waals surface area contributed by atoms with Crippen LogP contribution in [0.4, 0.5) is 0 Å². The Labute approximate surface area is 122 Å². The van der Waals surface area contributed by atoms with Crippen molar-refractivity contribution in [2.45, 2.75) is 12.6 Å². The zero-order chi connectivity index (χ0) is 14.7. The van der Waals surface area contributed by atoms with Gasteiger partial charge in [0.15, 0.2) is 0 Å². The number of carbonyl (C=O) groups is 1. The lowest BCUT2D eigenvalue weighted by Gasteiger charge is -2.35. The minimum atomic E-state index is -0.0752. The Morgan fingerprint density at radius 2 is 2.40 bits per heavy atom. The summed E-state index contributed by atoms with van der Waals surface area (Å²) in [7, 11) is 5.08. The molecule has 2 heterocycles. The van der Waals surface area contributed by atoms with Gasteiger partial charge in [0.05, 0.1) is 23.7 Å². The SMILES string of the molecule is C=CCON(C)C1CN([B]C=O)Cc2c1sc(=O)n2C. The zero-order valence-corrected chi connectivity index (χ0v) is 12.4. The number of likely N-dealkylation sites (N-methyl/N-ethyl adjacent to an activating group) is 1. The van der Waals surface area contributed by atoms with Gasteiger partial charge in [-0.15, -0.1) is 6.58 Å². The molecule has 20 heavy (non-hydrogen) atoms. The molecule has 1 atom stereocenters. The Hall–Kier alpha value is -1.22. The molecular formula is C12H17BN3O3S. The standard InChI is InChI=1S/C12H17BN3O3S/c1-4-5-19-15(3)10-7-16(13-8-17)6-9-11(10)20-12(18)14(9)2/h4,8,10H,1,5-7H2,2-3H3. The topological polar surface area (TPSA) is 54.8 Å². The average molecular weight is 294 g/mol. The molecule has 0 spiro atoms. The molecule has 2 rings (SSSR count). The van der Waals surface area contributed by atoms with E-state index in [2.05, 4.69) is 6.58 Å². The summed E-state index contributed by atoms with van der Waals surface area (Å²) in [5, 5.41) is 1.72. The molecule has 0 saturated carbocycles. The fourth-order valence-electron chi connectivity index (χ4n) is 2.24. The summed E-state index contributed by atoms with van der Waals surface area (Å²) in [5.41, 5.74) is 0.934. The number of rotatable bonds is 6. The van der Waals surface area contributed by atoms with E-state index in [-0.39, 0.29) is 10.9 Å². The van der Waals surface area contributed by atoms with Gasteiger partial charge in [0.25, 0.3) is 7.41 Å². The van der Waals surface area contributed by atoms with Crippen LogP contribution in [-0.2, 0) is 23.2 Å². The Morgan fingerprint density at radius 3 is 3.05 bits per heavy atom. The number of thiazole rings is 1. The highest BCUT2D eigenvalue weighted by Crippen LogP contribution is 2.31. The van der Waals surface area contributed by atoms with Gasteiger partial charge in [-0.3, -0.25) is 9.63 Å². The van der Waals surface area contributed by atoms with E-state index >= 15 is 0 Å². The Morgan fingerprint density at radius 1 is 1.65 bits per heavy atom. The molecule has 0 N–H and O–H groups in total. The molecule has 0 bridgehead atoms. The predicted octanol–water partition coefficient (Wildman–Crippen LogP) is 0.162. The normalized spacial score (nSPS) is 18.9. The smallest absolute Gasteiger partial charge is 0.307 e. The molecule has 8 heteroatoms. The van der Waals surface area contributed by atoms with Crippen molar-refractivity contribution in [2.75, 3.05) is 20.2 Å². The molecule has 0 saturated heterocycles. The van der Waals surface area contributed by atoms with Gasteiger partial charge in [0.2, 0.25) is 0 Å². The van der Waals surface area contributed by atoms with Crippen molar-refractivity contribution in [3.8, 4) is 0 Å². The van der Waals surface area contributed by atoms with Gasteiger partial charge in [-0.25, -0.2) is 0 Å². The minimum Gasteiger partial charge on any atom is -0.333 e. The third-order valence-electron chi connectivity index (χ3n) is 3.33. The third-order valence-corrected chi connectivity index (χ3v) is 4.51. The first-order valence-electron chi connectivity index (χ1n) is 6.26. The first kappa shape index (κ1) is 15.2. The molecule has 0 amide bonds. The molecule has 1 aliphatic rings. The number of hydroxylamine groups is 2. The quantitative estimate of drug-likeness (QED) is 0.324. The van der Waals surface area contributed by atoms with Crippen LogP contribution in [0.2, 0.25) is 0 Å². The molecule has 1 aliphatic heterocycles. The highest BCUT2D eigenvalue weighted by molar-refractivity contribution is 7.09. The number of aromatic nitrogens is 1. The van der Waals surface area contributed by atoms with Crippen molar-refractivity contribution >= 4 is 24.9 Å². The van der Waals surface area contributed by atoms with E-state index in [1.807, 2.05) is 11.9 Å². The Kier molecular flexibility index (Phi) is 4.93. The highest BCUT2D eigenvalue weighted by atomic mass is 32.1. The number of fused-ring (bicyclic) bond motifs is 1. The van der Waals surface area contributed by atoms with Gasteiger partial charge >= 0.3 is 4.87 Å². The molecule has 1 radical (unpaired) electrons. The minimum absolute atomic E-state index is 0.00470. The van der Waals surface area contributed by atoms with Crippen LogP contribution in [0.5, 0.6) is 0 Å². The second-order valence-corrected chi connectivity index (χ2v) is 5.59. The van der Waals surface area contributed by atoms with Gasteiger partial charge in [-0.05, 0) is 0 Å². The van der Waals surface area contributed by atoms with Crippen molar-refractivity contribution < 1.29 is 9.63 Å². The average Bonchev–Trinajstić information content (AvgIpc) is 2.72. The van der Waals surface area contributed by atoms with E-state index in [1.54, 1.807) is 22.8 Å². The van der Waals surface area contributed by atoms with Gasteiger partial charge in [0, 0.05) is 32.9 Å². The van der Waals surface area contributed by atoms with E-state index in [0.29, 0.717) is 19.7 Å². The van der Waals surface area contributed by atoms with Crippen LogP contribution in [0.25, 0.3) is 0 Å². The van der Waals surface area contributed by atoms with Crippen LogP contribution in [-0.4, -0.2) is 48.2 Å². The Bertz CT molecular complexity index is 557. The van der Waals surface area contributed by atoms with E-state index in [4.69, 9.17) is 4.84 Å². The third kappa shape index (κ3) is 2.93. The lowest BCUT2D eigenvalue weighted by molar-refractivity contribution is -0.162.